The zero-order valence-electron chi connectivity index (χ0n) is 12.6. The van der Waals surface area contributed by atoms with E-state index >= 15 is 0 Å². The van der Waals surface area contributed by atoms with Crippen LogP contribution in [-0.2, 0) is 0 Å². The first-order valence-corrected chi connectivity index (χ1v) is 8.12. The fourth-order valence-electron chi connectivity index (χ4n) is 4.03. The summed E-state index contributed by atoms with van der Waals surface area (Å²) in [5, 5.41) is 3.69. The summed E-state index contributed by atoms with van der Waals surface area (Å²) in [5.74, 6) is 1.77. The number of piperidine rings is 1. The molecular formula is C16H32N2. The van der Waals surface area contributed by atoms with Gasteiger partial charge in [-0.2, -0.15) is 0 Å². The largest absolute Gasteiger partial charge is 0.313 e. The van der Waals surface area contributed by atoms with Crippen molar-refractivity contribution in [3.05, 3.63) is 0 Å². The predicted octanol–water partition coefficient (Wildman–Crippen LogP) is 3.28. The molecule has 1 heterocycles. The molecule has 2 aliphatic rings. The maximum absolute atomic E-state index is 3.69. The lowest BCUT2D eigenvalue weighted by Gasteiger charge is -2.42. The molecule has 0 radical (unpaired) electrons. The van der Waals surface area contributed by atoms with Gasteiger partial charge < -0.3 is 10.2 Å². The van der Waals surface area contributed by atoms with Crippen LogP contribution in [0.1, 0.15) is 58.8 Å². The van der Waals surface area contributed by atoms with Crippen molar-refractivity contribution in [1.29, 1.82) is 0 Å². The molecule has 0 spiro atoms. The predicted molar refractivity (Wildman–Crippen MR) is 78.9 cm³/mol. The van der Waals surface area contributed by atoms with Gasteiger partial charge in [0, 0.05) is 18.6 Å². The second kappa shape index (κ2) is 6.91. The van der Waals surface area contributed by atoms with Crippen molar-refractivity contribution in [3.8, 4) is 0 Å². The highest BCUT2D eigenvalue weighted by Crippen LogP contribution is 2.33. The topological polar surface area (TPSA) is 15.3 Å². The van der Waals surface area contributed by atoms with E-state index in [2.05, 4.69) is 31.1 Å². The van der Waals surface area contributed by atoms with Crippen LogP contribution >= 0.6 is 0 Å². The summed E-state index contributed by atoms with van der Waals surface area (Å²) in [6, 6.07) is 1.58. The lowest BCUT2D eigenvalue weighted by atomic mass is 9.77. The molecule has 18 heavy (non-hydrogen) atoms. The van der Waals surface area contributed by atoms with Gasteiger partial charge in [-0.1, -0.05) is 33.1 Å². The van der Waals surface area contributed by atoms with Crippen molar-refractivity contribution in [3.63, 3.8) is 0 Å². The van der Waals surface area contributed by atoms with Crippen molar-refractivity contribution < 1.29 is 0 Å². The fraction of sp³-hybridized carbons (Fsp3) is 1.00. The molecule has 1 saturated heterocycles. The molecule has 2 rings (SSSR count). The molecule has 0 aromatic carbocycles. The van der Waals surface area contributed by atoms with E-state index in [-0.39, 0.29) is 0 Å². The Bertz CT molecular complexity index is 233. The van der Waals surface area contributed by atoms with Gasteiger partial charge in [-0.15, -0.1) is 0 Å². The van der Waals surface area contributed by atoms with Crippen LogP contribution in [0.25, 0.3) is 0 Å². The van der Waals surface area contributed by atoms with Gasteiger partial charge in [0.1, 0.15) is 0 Å². The van der Waals surface area contributed by atoms with Gasteiger partial charge in [-0.3, -0.25) is 0 Å². The van der Waals surface area contributed by atoms with Gasteiger partial charge in [-0.25, -0.2) is 0 Å². The maximum atomic E-state index is 3.69. The maximum Gasteiger partial charge on any atom is 0.0195 e. The third-order valence-corrected chi connectivity index (χ3v) is 5.12. The molecule has 1 aliphatic carbocycles. The molecule has 3 atom stereocenters. The standard InChI is InChI=1S/C16H32N2/c1-13(2)15-9-4-5-10-16(15)18(3)12-14-8-6-7-11-17-14/h13-17H,4-12H2,1-3H3. The van der Waals surface area contributed by atoms with Gasteiger partial charge in [0.25, 0.3) is 0 Å². The summed E-state index contributed by atoms with van der Waals surface area (Å²) < 4.78 is 0. The van der Waals surface area contributed by atoms with Crippen LogP contribution in [0.2, 0.25) is 0 Å². The molecule has 0 bridgehead atoms. The minimum atomic E-state index is 0.749. The van der Waals surface area contributed by atoms with E-state index in [0.29, 0.717) is 0 Å². The SMILES string of the molecule is CC(C)C1CCCCC1N(C)CC1CCCCN1. The highest BCUT2D eigenvalue weighted by atomic mass is 15.2. The van der Waals surface area contributed by atoms with Crippen molar-refractivity contribution in [1.82, 2.24) is 10.2 Å². The first-order chi connectivity index (χ1) is 8.68. The molecule has 0 aromatic rings. The van der Waals surface area contributed by atoms with Crippen molar-refractivity contribution in [2.24, 2.45) is 11.8 Å². The van der Waals surface area contributed by atoms with Crippen LogP contribution in [0.15, 0.2) is 0 Å². The van der Waals surface area contributed by atoms with Gasteiger partial charge in [0.15, 0.2) is 0 Å². The zero-order valence-corrected chi connectivity index (χ0v) is 12.6. The lowest BCUT2D eigenvalue weighted by Crippen LogP contribution is -2.49. The third kappa shape index (κ3) is 3.71. The van der Waals surface area contributed by atoms with Crippen LogP contribution < -0.4 is 5.32 Å². The molecule has 1 aliphatic heterocycles. The Morgan fingerprint density at radius 1 is 1.06 bits per heavy atom. The molecule has 2 fully saturated rings. The zero-order chi connectivity index (χ0) is 13.0. The first kappa shape index (κ1) is 14.3. The summed E-state index contributed by atoms with van der Waals surface area (Å²) in [6.45, 7) is 7.32. The normalized spacial score (nSPS) is 34.2. The highest BCUT2D eigenvalue weighted by molar-refractivity contribution is 4.86. The van der Waals surface area contributed by atoms with Crippen LogP contribution in [0.4, 0.5) is 0 Å². The number of hydrogen-bond donors (Lipinski definition) is 1. The van der Waals surface area contributed by atoms with Crippen molar-refractivity contribution in [2.45, 2.75) is 70.9 Å². The number of nitrogens with one attached hydrogen (secondary N) is 1. The number of nitrogens with zero attached hydrogens (tertiary/aromatic N) is 1. The molecule has 0 amide bonds. The Kier molecular flexibility index (Phi) is 5.50. The molecule has 1 saturated carbocycles. The Hall–Kier alpha value is -0.0800. The highest BCUT2D eigenvalue weighted by Gasteiger charge is 2.31. The molecule has 0 aromatic heterocycles. The summed E-state index contributed by atoms with van der Waals surface area (Å²) in [7, 11) is 2.36. The van der Waals surface area contributed by atoms with E-state index in [1.165, 1.54) is 58.0 Å². The molecule has 2 nitrogen and oxygen atoms in total. The Morgan fingerprint density at radius 2 is 1.78 bits per heavy atom. The Morgan fingerprint density at radius 3 is 2.44 bits per heavy atom. The van der Waals surface area contributed by atoms with Gasteiger partial charge in [0.05, 0.1) is 0 Å². The summed E-state index contributed by atoms with van der Waals surface area (Å²) in [5.41, 5.74) is 0. The monoisotopic (exact) mass is 252 g/mol. The van der Waals surface area contributed by atoms with Crippen LogP contribution in [0.3, 0.4) is 0 Å². The van der Waals surface area contributed by atoms with Gasteiger partial charge in [0.2, 0.25) is 0 Å². The number of hydrogen-bond acceptors (Lipinski definition) is 2. The van der Waals surface area contributed by atoms with Gasteiger partial charge in [-0.05, 0) is 51.1 Å². The second-order valence-electron chi connectivity index (χ2n) is 6.85. The molecule has 3 unspecified atom stereocenters. The van der Waals surface area contributed by atoms with E-state index in [1.807, 2.05) is 0 Å². The minimum absolute atomic E-state index is 0.749. The average molecular weight is 252 g/mol. The molecule has 1 N–H and O–H groups in total. The molecule has 106 valence electrons. The molecule has 2 heteroatoms. The van der Waals surface area contributed by atoms with Crippen molar-refractivity contribution >= 4 is 0 Å². The number of rotatable bonds is 4. The average Bonchev–Trinajstić information content (AvgIpc) is 2.40. The van der Waals surface area contributed by atoms with Crippen LogP contribution in [-0.4, -0.2) is 37.1 Å². The smallest absolute Gasteiger partial charge is 0.0195 e. The van der Waals surface area contributed by atoms with Crippen molar-refractivity contribution in [2.75, 3.05) is 20.1 Å². The summed E-state index contributed by atoms with van der Waals surface area (Å²) >= 11 is 0. The summed E-state index contributed by atoms with van der Waals surface area (Å²) in [6.07, 6.45) is 9.94. The minimum Gasteiger partial charge on any atom is -0.313 e. The fourth-order valence-corrected chi connectivity index (χ4v) is 4.03. The van der Waals surface area contributed by atoms with E-state index in [1.54, 1.807) is 0 Å². The van der Waals surface area contributed by atoms with E-state index in [0.717, 1.165) is 23.9 Å². The van der Waals surface area contributed by atoms with Crippen LogP contribution in [0, 0.1) is 11.8 Å². The van der Waals surface area contributed by atoms with Crippen LogP contribution in [0.5, 0.6) is 0 Å². The quantitative estimate of drug-likeness (QED) is 0.826. The van der Waals surface area contributed by atoms with Gasteiger partial charge >= 0.3 is 0 Å². The van der Waals surface area contributed by atoms with E-state index in [4.69, 9.17) is 0 Å². The molecular weight excluding hydrogens is 220 g/mol. The third-order valence-electron chi connectivity index (χ3n) is 5.12. The number of likely N-dealkylation sites (N-methyl/N-ethyl adjacent to an activating group) is 1. The Balaban J connectivity index is 1.86. The van der Waals surface area contributed by atoms with E-state index in [9.17, 15) is 0 Å². The first-order valence-electron chi connectivity index (χ1n) is 8.12. The summed E-state index contributed by atoms with van der Waals surface area (Å²) in [4.78, 5) is 2.67. The van der Waals surface area contributed by atoms with E-state index < -0.39 is 0 Å². The lowest BCUT2D eigenvalue weighted by molar-refractivity contribution is 0.0887. The second-order valence-corrected chi connectivity index (χ2v) is 6.85. The Labute approximate surface area is 114 Å².